The smallest absolute Gasteiger partial charge is 0.321 e. The maximum Gasteiger partial charge on any atom is 0.321 e. The lowest BCUT2D eigenvalue weighted by atomic mass is 10.1. The van der Waals surface area contributed by atoms with E-state index in [0.29, 0.717) is 67.2 Å². The van der Waals surface area contributed by atoms with Gasteiger partial charge in [-0.05, 0) is 74.3 Å². The molecule has 4 aliphatic rings. The van der Waals surface area contributed by atoms with Crippen LogP contribution in [0.15, 0.2) is 66.1 Å². The topological polar surface area (TPSA) is 169 Å². The van der Waals surface area contributed by atoms with Crippen molar-refractivity contribution in [3.8, 4) is 28.0 Å². The number of benzene rings is 2. The third-order valence-electron chi connectivity index (χ3n) is 11.6. The summed E-state index contributed by atoms with van der Waals surface area (Å²) in [7, 11) is -0.684. The summed E-state index contributed by atoms with van der Waals surface area (Å²) in [4.78, 5) is 56.3. The second-order valence-corrected chi connectivity index (χ2v) is 19.0. The van der Waals surface area contributed by atoms with Crippen LogP contribution in [0.1, 0.15) is 76.0 Å². The maximum absolute atomic E-state index is 14.8. The van der Waals surface area contributed by atoms with Crippen molar-refractivity contribution in [3.63, 3.8) is 0 Å². The number of urea groups is 1. The number of thiazole rings is 1. The third-order valence-corrected chi connectivity index (χ3v) is 14.3. The van der Waals surface area contributed by atoms with Gasteiger partial charge in [0.25, 0.3) is 5.91 Å². The Labute approximate surface area is 348 Å². The average Bonchev–Trinajstić information content (AvgIpc) is 4.10. The SMILES string of the molecule is COc1ccc(CN2CCCC/C=C/C3CC3(C(=O)NS(=O)(=O)C3CC3)NC(=O)C3CC(Oc4cc(-c5nc(C(C)C)cs5)nc5cc(OC)ccc45)CN3C2=O)cc1. The summed E-state index contributed by atoms with van der Waals surface area (Å²) in [5.41, 5.74) is 1.65. The summed E-state index contributed by atoms with van der Waals surface area (Å²) in [5.74, 6) is 0.384. The molecule has 0 spiro atoms. The molecule has 4 heterocycles. The molecule has 59 heavy (non-hydrogen) atoms. The summed E-state index contributed by atoms with van der Waals surface area (Å²) in [6.45, 7) is 5.01. The first-order valence-electron chi connectivity index (χ1n) is 20.2. The summed E-state index contributed by atoms with van der Waals surface area (Å²) in [5, 5.41) is 5.83. The first-order valence-corrected chi connectivity index (χ1v) is 22.6. The van der Waals surface area contributed by atoms with Crippen molar-refractivity contribution in [2.24, 2.45) is 5.92 Å². The Morgan fingerprint density at radius 3 is 2.51 bits per heavy atom. The van der Waals surface area contributed by atoms with Crippen molar-refractivity contribution in [2.75, 3.05) is 27.3 Å². The fraction of sp³-hybridized carbons (Fsp3) is 0.465. The maximum atomic E-state index is 14.8. The van der Waals surface area contributed by atoms with Crippen molar-refractivity contribution >= 4 is 50.1 Å². The highest BCUT2D eigenvalue weighted by atomic mass is 32.2. The number of amides is 4. The van der Waals surface area contributed by atoms with Gasteiger partial charge < -0.3 is 29.3 Å². The number of methoxy groups -OCH3 is 2. The fourth-order valence-electron chi connectivity index (χ4n) is 7.87. The van der Waals surface area contributed by atoms with Gasteiger partial charge in [0, 0.05) is 48.3 Å². The van der Waals surface area contributed by atoms with Crippen LogP contribution in [-0.2, 0) is 26.2 Å². The highest BCUT2D eigenvalue weighted by Crippen LogP contribution is 2.46. The molecule has 2 saturated carbocycles. The van der Waals surface area contributed by atoms with Crippen LogP contribution < -0.4 is 24.2 Å². The number of rotatable bonds is 11. The van der Waals surface area contributed by atoms with Crippen molar-refractivity contribution in [2.45, 2.75) is 94.2 Å². The molecular weight excluding hydrogens is 793 g/mol. The second-order valence-electron chi connectivity index (χ2n) is 16.2. The minimum atomic E-state index is -3.88. The summed E-state index contributed by atoms with van der Waals surface area (Å²) >= 11 is 1.50. The molecule has 1 saturated heterocycles. The number of ether oxygens (including phenoxy) is 3. The molecule has 4 aromatic rings. The molecule has 2 aromatic heterocycles. The van der Waals surface area contributed by atoms with Crippen molar-refractivity contribution in [1.29, 1.82) is 0 Å². The molecule has 4 atom stereocenters. The summed E-state index contributed by atoms with van der Waals surface area (Å²) in [6, 6.07) is 13.6. The predicted octanol–water partition coefficient (Wildman–Crippen LogP) is 6.17. The summed E-state index contributed by atoms with van der Waals surface area (Å²) in [6.07, 6.45) is 6.78. The van der Waals surface area contributed by atoms with Crippen LogP contribution in [0.25, 0.3) is 21.6 Å². The number of carbonyl (C=O) groups excluding carboxylic acids is 3. The molecule has 2 aromatic carbocycles. The molecule has 0 radical (unpaired) electrons. The van der Waals surface area contributed by atoms with Crippen LogP contribution in [0.2, 0.25) is 0 Å². The number of allylic oxidation sites excluding steroid dienone is 1. The first-order chi connectivity index (χ1) is 28.4. The van der Waals surface area contributed by atoms with Crippen molar-refractivity contribution in [1.82, 2.24) is 29.8 Å². The highest BCUT2D eigenvalue weighted by Gasteiger charge is 2.62. The number of sulfonamides is 1. The first kappa shape index (κ1) is 40.6. The Bertz CT molecular complexity index is 2380. The van der Waals surface area contributed by atoms with Gasteiger partial charge in [0.05, 0.1) is 37.2 Å². The minimum Gasteiger partial charge on any atom is -0.497 e. The molecule has 16 heteroatoms. The van der Waals surface area contributed by atoms with Gasteiger partial charge in [-0.25, -0.2) is 23.2 Å². The zero-order valence-corrected chi connectivity index (χ0v) is 35.3. The van der Waals surface area contributed by atoms with E-state index in [1.807, 2.05) is 66.1 Å². The van der Waals surface area contributed by atoms with Gasteiger partial charge in [-0.15, -0.1) is 11.3 Å². The van der Waals surface area contributed by atoms with Gasteiger partial charge in [0.2, 0.25) is 15.9 Å². The number of nitrogens with one attached hydrogen (secondary N) is 2. The van der Waals surface area contributed by atoms with Gasteiger partial charge in [-0.3, -0.25) is 14.3 Å². The highest BCUT2D eigenvalue weighted by molar-refractivity contribution is 7.91. The summed E-state index contributed by atoms with van der Waals surface area (Å²) < 4.78 is 45.8. The van der Waals surface area contributed by atoms with E-state index in [1.165, 1.54) is 16.2 Å². The lowest BCUT2D eigenvalue weighted by molar-refractivity contribution is -0.131. The molecule has 8 rings (SSSR count). The zero-order chi connectivity index (χ0) is 41.5. The van der Waals surface area contributed by atoms with E-state index in [4.69, 9.17) is 24.2 Å². The number of fused-ring (bicyclic) bond motifs is 3. The van der Waals surface area contributed by atoms with Crippen LogP contribution >= 0.6 is 11.3 Å². The van der Waals surface area contributed by atoms with Crippen molar-refractivity contribution < 1.29 is 37.0 Å². The second kappa shape index (κ2) is 16.4. The van der Waals surface area contributed by atoms with Gasteiger partial charge in [0.1, 0.15) is 45.6 Å². The van der Waals surface area contributed by atoms with Gasteiger partial charge >= 0.3 is 6.03 Å². The number of carbonyl (C=O) groups is 3. The van der Waals surface area contributed by atoms with Crippen LogP contribution in [0.5, 0.6) is 17.2 Å². The molecule has 0 bridgehead atoms. The quantitative estimate of drug-likeness (QED) is 0.167. The predicted molar refractivity (Wildman–Crippen MR) is 224 cm³/mol. The molecule has 4 unspecified atom stereocenters. The van der Waals surface area contributed by atoms with E-state index in [-0.39, 0.29) is 31.3 Å². The van der Waals surface area contributed by atoms with Gasteiger partial charge in [0.15, 0.2) is 0 Å². The van der Waals surface area contributed by atoms with Crippen LogP contribution in [-0.4, -0.2) is 96.3 Å². The van der Waals surface area contributed by atoms with E-state index in [1.54, 1.807) is 19.1 Å². The van der Waals surface area contributed by atoms with Crippen LogP contribution in [0.3, 0.4) is 0 Å². The lowest BCUT2D eigenvalue weighted by Crippen LogP contribution is -2.57. The number of nitrogens with zero attached hydrogens (tertiary/aromatic N) is 4. The van der Waals surface area contributed by atoms with E-state index in [9.17, 15) is 22.8 Å². The number of aromatic nitrogens is 2. The Hall–Kier alpha value is -5.22. The van der Waals surface area contributed by atoms with Gasteiger partial charge in [-0.1, -0.05) is 38.1 Å². The standard InChI is InChI=1S/C43H50N6O8S2/c1-26(2)36-25-58-40(45-36)35-21-38(33-17-14-30(56-4)19-34(33)44-35)57-31-20-37-39(50)46-43(41(51)47-59(53,54)32-15-16-32)22-28(43)9-7-5-6-8-18-48(42(52)49(37)24-31)23-27-10-12-29(55-3)13-11-27/h7,9-14,17,19,21,25-26,28,31-32,37H,5-6,8,15-16,18,20,22-24H2,1-4H3,(H,46,50)(H,47,51)/b9-7+. The molecule has 2 N–H and O–H groups in total. The molecule has 2 aliphatic heterocycles. The zero-order valence-electron chi connectivity index (χ0n) is 33.7. The normalized spacial score (nSPS) is 24.2. The average molecular weight is 843 g/mol. The molecule has 312 valence electrons. The van der Waals surface area contributed by atoms with Crippen LogP contribution in [0, 0.1) is 5.92 Å². The lowest BCUT2D eigenvalue weighted by Gasteiger charge is -2.32. The van der Waals surface area contributed by atoms with E-state index in [2.05, 4.69) is 23.9 Å². The Balaban J connectivity index is 1.13. The third kappa shape index (κ3) is 8.60. The largest absolute Gasteiger partial charge is 0.497 e. The Morgan fingerprint density at radius 2 is 1.80 bits per heavy atom. The number of hydrogen-bond donors (Lipinski definition) is 2. The van der Waals surface area contributed by atoms with Gasteiger partial charge in [-0.2, -0.15) is 0 Å². The van der Waals surface area contributed by atoms with E-state index >= 15 is 0 Å². The molecule has 14 nitrogen and oxygen atoms in total. The Morgan fingerprint density at radius 1 is 1.03 bits per heavy atom. The minimum absolute atomic E-state index is 0.0820. The fourth-order valence-corrected chi connectivity index (χ4v) is 10.2. The number of hydrogen-bond acceptors (Lipinski definition) is 11. The number of pyridine rings is 1. The molecule has 3 fully saturated rings. The van der Waals surface area contributed by atoms with E-state index in [0.717, 1.165) is 28.1 Å². The monoisotopic (exact) mass is 842 g/mol. The Kier molecular flexibility index (Phi) is 11.3. The van der Waals surface area contributed by atoms with Crippen LogP contribution in [0.4, 0.5) is 4.79 Å². The van der Waals surface area contributed by atoms with E-state index < -0.39 is 50.7 Å². The molecular formula is C43H50N6O8S2. The molecule has 4 amide bonds. The molecule has 2 aliphatic carbocycles. The van der Waals surface area contributed by atoms with Crippen molar-refractivity contribution in [3.05, 3.63) is 77.3 Å².